The molecule has 1 unspecified atom stereocenters. The van der Waals surface area contributed by atoms with Crippen LogP contribution in [0.1, 0.15) is 52.9 Å². The largest absolute Gasteiger partial charge is 0.370 e. The lowest BCUT2D eigenvalue weighted by Gasteiger charge is -2.14. The second-order valence-electron chi connectivity index (χ2n) is 5.32. The topological polar surface area (TPSA) is 71.1 Å². The summed E-state index contributed by atoms with van der Waals surface area (Å²) in [5, 5.41) is 3.10. The van der Waals surface area contributed by atoms with Crippen molar-refractivity contribution < 1.29 is 8.42 Å². The number of rotatable bonds is 10. The van der Waals surface area contributed by atoms with Gasteiger partial charge in [-0.1, -0.05) is 33.1 Å². The molecule has 1 heterocycles. The summed E-state index contributed by atoms with van der Waals surface area (Å²) in [5.74, 6) is 0.596. The van der Waals surface area contributed by atoms with Crippen molar-refractivity contribution in [1.29, 1.82) is 0 Å². The van der Waals surface area contributed by atoms with Crippen LogP contribution in [0.25, 0.3) is 0 Å². The number of anilines is 1. The van der Waals surface area contributed by atoms with Gasteiger partial charge in [-0.2, -0.15) is 0 Å². The maximum absolute atomic E-state index is 12.3. The smallest absolute Gasteiger partial charge is 0.240 e. The highest BCUT2D eigenvalue weighted by Gasteiger charge is 2.17. The third-order valence-electron chi connectivity index (χ3n) is 3.19. The van der Waals surface area contributed by atoms with Gasteiger partial charge >= 0.3 is 0 Å². The zero-order valence-electron chi connectivity index (χ0n) is 13.2. The average molecular weight is 313 g/mol. The summed E-state index contributed by atoms with van der Waals surface area (Å²) in [6.07, 6.45) is 6.65. The Labute approximate surface area is 128 Å². The number of hydrogen-bond donors (Lipinski definition) is 2. The molecule has 21 heavy (non-hydrogen) atoms. The SMILES string of the molecule is CCCCCC(C)NS(=O)(=O)c1ccnc(NCCC)c1. The van der Waals surface area contributed by atoms with Crippen LogP contribution in [-0.4, -0.2) is 26.0 Å². The van der Waals surface area contributed by atoms with Crippen LogP contribution >= 0.6 is 0 Å². The Morgan fingerprint density at radius 1 is 1.24 bits per heavy atom. The van der Waals surface area contributed by atoms with Crippen molar-refractivity contribution in [3.63, 3.8) is 0 Å². The molecule has 1 aromatic heterocycles. The molecule has 0 aromatic carbocycles. The lowest BCUT2D eigenvalue weighted by molar-refractivity contribution is 0.527. The molecule has 1 rings (SSSR count). The molecule has 0 saturated heterocycles. The van der Waals surface area contributed by atoms with E-state index in [1.807, 2.05) is 13.8 Å². The maximum Gasteiger partial charge on any atom is 0.240 e. The quantitative estimate of drug-likeness (QED) is 0.651. The van der Waals surface area contributed by atoms with Crippen molar-refractivity contribution in [2.75, 3.05) is 11.9 Å². The van der Waals surface area contributed by atoms with Crippen molar-refractivity contribution in [2.24, 2.45) is 0 Å². The number of pyridine rings is 1. The van der Waals surface area contributed by atoms with Gasteiger partial charge in [-0.05, 0) is 25.8 Å². The highest BCUT2D eigenvalue weighted by atomic mass is 32.2. The first-order chi connectivity index (χ1) is 9.99. The van der Waals surface area contributed by atoms with E-state index >= 15 is 0 Å². The van der Waals surface area contributed by atoms with Gasteiger partial charge in [-0.15, -0.1) is 0 Å². The third-order valence-corrected chi connectivity index (χ3v) is 4.78. The predicted octanol–water partition coefficient (Wildman–Crippen LogP) is 3.15. The Hall–Kier alpha value is -1.14. The first kappa shape index (κ1) is 17.9. The molecule has 2 N–H and O–H groups in total. The standard InChI is InChI=1S/C15H27N3O2S/c1-4-6-7-8-13(3)18-21(19,20)14-9-11-17-15(12-14)16-10-5-2/h9,11-13,18H,4-8,10H2,1-3H3,(H,16,17). The molecule has 0 bridgehead atoms. The Kier molecular flexibility index (Phi) is 7.67. The van der Waals surface area contributed by atoms with Gasteiger partial charge in [-0.3, -0.25) is 0 Å². The van der Waals surface area contributed by atoms with Gasteiger partial charge in [-0.25, -0.2) is 18.1 Å². The number of aromatic nitrogens is 1. The monoisotopic (exact) mass is 313 g/mol. The molecule has 5 nitrogen and oxygen atoms in total. The summed E-state index contributed by atoms with van der Waals surface area (Å²) >= 11 is 0. The van der Waals surface area contributed by atoms with Gasteiger partial charge < -0.3 is 5.32 Å². The summed E-state index contributed by atoms with van der Waals surface area (Å²) in [6.45, 7) is 6.87. The van der Waals surface area contributed by atoms with Gasteiger partial charge in [0.2, 0.25) is 10.0 Å². The fourth-order valence-corrected chi connectivity index (χ4v) is 3.31. The average Bonchev–Trinajstić information content (AvgIpc) is 2.45. The van der Waals surface area contributed by atoms with E-state index in [4.69, 9.17) is 0 Å². The number of nitrogens with one attached hydrogen (secondary N) is 2. The van der Waals surface area contributed by atoms with Crippen molar-refractivity contribution in [3.05, 3.63) is 18.3 Å². The summed E-state index contributed by atoms with van der Waals surface area (Å²) in [7, 11) is -3.47. The highest BCUT2D eigenvalue weighted by molar-refractivity contribution is 7.89. The molecule has 0 fully saturated rings. The molecule has 6 heteroatoms. The van der Waals surface area contributed by atoms with Crippen molar-refractivity contribution >= 4 is 15.8 Å². The van der Waals surface area contributed by atoms with E-state index in [-0.39, 0.29) is 10.9 Å². The van der Waals surface area contributed by atoms with Crippen LogP contribution in [0.15, 0.2) is 23.2 Å². The third kappa shape index (κ3) is 6.44. The number of hydrogen-bond acceptors (Lipinski definition) is 4. The van der Waals surface area contributed by atoms with Crippen molar-refractivity contribution in [3.8, 4) is 0 Å². The predicted molar refractivity (Wildman–Crippen MR) is 86.9 cm³/mol. The Bertz CT molecular complexity index is 517. The summed E-state index contributed by atoms with van der Waals surface area (Å²) in [4.78, 5) is 4.39. The molecule has 0 radical (unpaired) electrons. The fraction of sp³-hybridized carbons (Fsp3) is 0.667. The Balaban J connectivity index is 2.68. The molecular weight excluding hydrogens is 286 g/mol. The molecule has 1 atom stereocenters. The molecule has 0 aliphatic rings. The first-order valence-electron chi connectivity index (χ1n) is 7.71. The summed E-state index contributed by atoms with van der Waals surface area (Å²) in [5.41, 5.74) is 0. The van der Waals surface area contributed by atoms with Gasteiger partial charge in [0.25, 0.3) is 0 Å². The van der Waals surface area contributed by atoms with Gasteiger partial charge in [0.15, 0.2) is 0 Å². The van der Waals surface area contributed by atoms with Crippen LogP contribution in [-0.2, 0) is 10.0 Å². The first-order valence-corrected chi connectivity index (χ1v) is 9.20. The molecule has 0 spiro atoms. The fourth-order valence-electron chi connectivity index (χ4n) is 2.02. The van der Waals surface area contributed by atoms with Crippen LogP contribution in [0.2, 0.25) is 0 Å². The molecule has 0 aliphatic carbocycles. The summed E-state index contributed by atoms with van der Waals surface area (Å²) in [6, 6.07) is 3.05. The van der Waals surface area contributed by atoms with E-state index < -0.39 is 10.0 Å². The minimum atomic E-state index is -3.47. The van der Waals surface area contributed by atoms with Gasteiger partial charge in [0, 0.05) is 24.8 Å². The Morgan fingerprint density at radius 3 is 2.67 bits per heavy atom. The van der Waals surface area contributed by atoms with Crippen LogP contribution in [0, 0.1) is 0 Å². The van der Waals surface area contributed by atoms with Crippen LogP contribution in [0.5, 0.6) is 0 Å². The molecule has 1 aromatic rings. The molecule has 0 aliphatic heterocycles. The number of sulfonamides is 1. The summed E-state index contributed by atoms with van der Waals surface area (Å²) < 4.78 is 27.4. The second kappa shape index (κ2) is 9.00. The number of unbranched alkanes of at least 4 members (excludes halogenated alkanes) is 2. The maximum atomic E-state index is 12.3. The van der Waals surface area contributed by atoms with Gasteiger partial charge in [0.05, 0.1) is 4.90 Å². The van der Waals surface area contributed by atoms with Crippen molar-refractivity contribution in [2.45, 2.75) is 63.8 Å². The van der Waals surface area contributed by atoms with E-state index in [0.717, 1.165) is 38.6 Å². The lowest BCUT2D eigenvalue weighted by Crippen LogP contribution is -2.32. The molecule has 120 valence electrons. The minimum absolute atomic E-state index is 0.0539. The normalized spacial score (nSPS) is 13.1. The van der Waals surface area contributed by atoms with E-state index in [1.165, 1.54) is 12.3 Å². The highest BCUT2D eigenvalue weighted by Crippen LogP contribution is 2.14. The van der Waals surface area contributed by atoms with Crippen LogP contribution < -0.4 is 10.0 Å². The number of nitrogens with zero attached hydrogens (tertiary/aromatic N) is 1. The van der Waals surface area contributed by atoms with E-state index in [0.29, 0.717) is 5.82 Å². The second-order valence-corrected chi connectivity index (χ2v) is 7.04. The van der Waals surface area contributed by atoms with E-state index in [9.17, 15) is 8.42 Å². The minimum Gasteiger partial charge on any atom is -0.370 e. The molecule has 0 amide bonds. The van der Waals surface area contributed by atoms with E-state index in [2.05, 4.69) is 21.9 Å². The zero-order valence-corrected chi connectivity index (χ0v) is 14.0. The molecular formula is C15H27N3O2S. The van der Waals surface area contributed by atoms with Crippen LogP contribution in [0.4, 0.5) is 5.82 Å². The lowest BCUT2D eigenvalue weighted by atomic mass is 10.1. The zero-order chi connectivity index (χ0) is 15.7. The Morgan fingerprint density at radius 2 is 2.00 bits per heavy atom. The van der Waals surface area contributed by atoms with Crippen LogP contribution in [0.3, 0.4) is 0 Å². The van der Waals surface area contributed by atoms with E-state index in [1.54, 1.807) is 6.07 Å². The van der Waals surface area contributed by atoms with Crippen molar-refractivity contribution in [1.82, 2.24) is 9.71 Å². The molecule has 0 saturated carbocycles. The van der Waals surface area contributed by atoms with Gasteiger partial charge in [0.1, 0.15) is 5.82 Å².